The summed E-state index contributed by atoms with van der Waals surface area (Å²) in [6.45, 7) is 2.40. The van der Waals surface area contributed by atoms with Gasteiger partial charge in [-0.15, -0.1) is 0 Å². The number of ether oxygens (including phenoxy) is 1. The van der Waals surface area contributed by atoms with Gasteiger partial charge in [0.05, 0.1) is 12.9 Å². The van der Waals surface area contributed by atoms with Gasteiger partial charge in [-0.05, 0) is 19.8 Å². The molecule has 0 spiro atoms. The minimum atomic E-state index is -0.235. The zero-order chi connectivity index (χ0) is 13.2. The minimum Gasteiger partial charge on any atom is -0.465 e. The van der Waals surface area contributed by atoms with Crippen molar-refractivity contribution in [3.63, 3.8) is 0 Å². The first-order valence-electron chi connectivity index (χ1n) is 6.36. The quantitative estimate of drug-likeness (QED) is 0.804. The topological polar surface area (TPSA) is 84.0 Å². The number of esters is 1. The molecule has 0 bridgehead atoms. The number of nitrogens with zero attached hydrogens (tertiary/aromatic N) is 4. The molecule has 2 aromatic heterocycles. The lowest BCUT2D eigenvalue weighted by atomic mass is 10.4. The average Bonchev–Trinajstić information content (AvgIpc) is 3.13. The molecule has 0 aliphatic heterocycles. The largest absolute Gasteiger partial charge is 0.465 e. The standard InChI is InChI=1S/C12H15N5O2/c1-2-19-9(18)5-17(8-3-4-8)12-10-11(14-6-13-10)15-7-16-12/h6-8H,2-5H2,1H3,(H,13,14,15,16). The number of aromatic nitrogens is 4. The van der Waals surface area contributed by atoms with E-state index >= 15 is 0 Å². The second-order valence-electron chi connectivity index (χ2n) is 4.46. The van der Waals surface area contributed by atoms with E-state index in [1.54, 1.807) is 13.3 Å². The fraction of sp³-hybridized carbons (Fsp3) is 0.500. The Balaban J connectivity index is 1.91. The fourth-order valence-corrected chi connectivity index (χ4v) is 2.08. The molecule has 3 rings (SSSR count). The molecule has 7 nitrogen and oxygen atoms in total. The van der Waals surface area contributed by atoms with Crippen molar-refractivity contribution in [2.75, 3.05) is 18.1 Å². The molecule has 0 radical (unpaired) electrons. The van der Waals surface area contributed by atoms with Crippen molar-refractivity contribution in [1.82, 2.24) is 19.9 Å². The summed E-state index contributed by atoms with van der Waals surface area (Å²) in [5, 5.41) is 0. The van der Waals surface area contributed by atoms with Crippen LogP contribution in [0.5, 0.6) is 0 Å². The van der Waals surface area contributed by atoms with Crippen LogP contribution in [0.25, 0.3) is 11.2 Å². The van der Waals surface area contributed by atoms with E-state index in [0.29, 0.717) is 18.3 Å². The number of rotatable bonds is 5. The maximum Gasteiger partial charge on any atom is 0.325 e. The normalized spacial score (nSPS) is 14.6. The first kappa shape index (κ1) is 11.9. The number of imidazole rings is 1. The second kappa shape index (κ2) is 4.83. The molecule has 100 valence electrons. The van der Waals surface area contributed by atoms with E-state index in [2.05, 4.69) is 19.9 Å². The molecule has 0 aromatic carbocycles. The predicted molar refractivity (Wildman–Crippen MR) is 68.7 cm³/mol. The summed E-state index contributed by atoms with van der Waals surface area (Å²) >= 11 is 0. The molecule has 0 amide bonds. The van der Waals surface area contributed by atoms with Gasteiger partial charge in [0.25, 0.3) is 0 Å². The molecule has 0 saturated heterocycles. The van der Waals surface area contributed by atoms with Crippen molar-refractivity contribution in [2.45, 2.75) is 25.8 Å². The maximum atomic E-state index is 11.7. The van der Waals surface area contributed by atoms with Crippen LogP contribution in [0.1, 0.15) is 19.8 Å². The maximum absolute atomic E-state index is 11.7. The lowest BCUT2D eigenvalue weighted by molar-refractivity contribution is -0.141. The number of carbonyl (C=O) groups is 1. The van der Waals surface area contributed by atoms with E-state index in [-0.39, 0.29) is 12.5 Å². The predicted octanol–water partition coefficient (Wildman–Crippen LogP) is 0.885. The van der Waals surface area contributed by atoms with E-state index in [0.717, 1.165) is 24.2 Å². The number of carbonyl (C=O) groups excluding carboxylic acids is 1. The van der Waals surface area contributed by atoms with E-state index < -0.39 is 0 Å². The van der Waals surface area contributed by atoms with Crippen molar-refractivity contribution < 1.29 is 9.53 Å². The highest BCUT2D eigenvalue weighted by Crippen LogP contribution is 2.32. The Morgan fingerprint density at radius 1 is 1.47 bits per heavy atom. The third-order valence-corrected chi connectivity index (χ3v) is 3.07. The number of aromatic amines is 1. The third kappa shape index (κ3) is 2.35. The van der Waals surface area contributed by atoms with Gasteiger partial charge in [-0.25, -0.2) is 15.0 Å². The number of anilines is 1. The van der Waals surface area contributed by atoms with Crippen molar-refractivity contribution in [3.05, 3.63) is 12.7 Å². The van der Waals surface area contributed by atoms with Gasteiger partial charge >= 0.3 is 5.97 Å². The van der Waals surface area contributed by atoms with Crippen LogP contribution in [0.4, 0.5) is 5.82 Å². The Morgan fingerprint density at radius 3 is 3.05 bits per heavy atom. The number of hydrogen-bond acceptors (Lipinski definition) is 6. The SMILES string of the molecule is CCOC(=O)CN(c1ncnc2nc[nH]c12)C1CC1. The van der Waals surface area contributed by atoms with Crippen LogP contribution in [-0.4, -0.2) is 45.1 Å². The summed E-state index contributed by atoms with van der Waals surface area (Å²) in [4.78, 5) is 29.2. The van der Waals surface area contributed by atoms with Gasteiger partial charge in [0.2, 0.25) is 0 Å². The van der Waals surface area contributed by atoms with Crippen molar-refractivity contribution >= 4 is 23.0 Å². The zero-order valence-electron chi connectivity index (χ0n) is 10.7. The molecule has 0 unspecified atom stereocenters. The molecule has 2 aromatic rings. The summed E-state index contributed by atoms with van der Waals surface area (Å²) in [5.74, 6) is 0.485. The highest BCUT2D eigenvalue weighted by Gasteiger charge is 2.33. The van der Waals surface area contributed by atoms with Gasteiger partial charge < -0.3 is 14.6 Å². The van der Waals surface area contributed by atoms with Crippen LogP contribution in [0.15, 0.2) is 12.7 Å². The third-order valence-electron chi connectivity index (χ3n) is 3.07. The first-order chi connectivity index (χ1) is 9.29. The highest BCUT2D eigenvalue weighted by molar-refractivity contribution is 5.86. The highest BCUT2D eigenvalue weighted by atomic mass is 16.5. The molecule has 1 aliphatic rings. The molecule has 19 heavy (non-hydrogen) atoms. The van der Waals surface area contributed by atoms with E-state index in [1.165, 1.54) is 6.33 Å². The molecule has 0 atom stereocenters. The molecule has 1 N–H and O–H groups in total. The Bertz CT molecular complexity index is 593. The Kier molecular flexibility index (Phi) is 3.02. The van der Waals surface area contributed by atoms with Crippen LogP contribution in [-0.2, 0) is 9.53 Å². The molecule has 1 saturated carbocycles. The number of H-pyrrole nitrogens is 1. The minimum absolute atomic E-state index is 0.212. The van der Waals surface area contributed by atoms with Gasteiger partial charge in [-0.2, -0.15) is 0 Å². The smallest absolute Gasteiger partial charge is 0.325 e. The number of hydrogen-bond donors (Lipinski definition) is 1. The molecule has 1 fully saturated rings. The van der Waals surface area contributed by atoms with Gasteiger partial charge in [0, 0.05) is 6.04 Å². The van der Waals surface area contributed by atoms with Crippen LogP contribution in [0.2, 0.25) is 0 Å². The number of nitrogens with one attached hydrogen (secondary N) is 1. The van der Waals surface area contributed by atoms with Crippen LogP contribution in [0.3, 0.4) is 0 Å². The number of fused-ring (bicyclic) bond motifs is 1. The summed E-state index contributed by atoms with van der Waals surface area (Å²) in [5.41, 5.74) is 1.37. The molecular weight excluding hydrogens is 246 g/mol. The molecule has 2 heterocycles. The van der Waals surface area contributed by atoms with Gasteiger partial charge in [-0.1, -0.05) is 0 Å². The average molecular weight is 261 g/mol. The van der Waals surface area contributed by atoms with Gasteiger partial charge in [0.1, 0.15) is 18.4 Å². The molecule has 7 heteroatoms. The lowest BCUT2D eigenvalue weighted by Crippen LogP contribution is -2.33. The fourth-order valence-electron chi connectivity index (χ4n) is 2.08. The first-order valence-corrected chi connectivity index (χ1v) is 6.36. The van der Waals surface area contributed by atoms with E-state index in [9.17, 15) is 4.79 Å². The summed E-state index contributed by atoms with van der Waals surface area (Å²) in [6, 6.07) is 0.353. The second-order valence-corrected chi connectivity index (χ2v) is 4.46. The molecular formula is C12H15N5O2. The van der Waals surface area contributed by atoms with Crippen molar-refractivity contribution in [1.29, 1.82) is 0 Å². The Hall–Kier alpha value is -2.18. The van der Waals surface area contributed by atoms with E-state index in [4.69, 9.17) is 4.74 Å². The Morgan fingerprint density at radius 2 is 2.32 bits per heavy atom. The van der Waals surface area contributed by atoms with Crippen LogP contribution in [0, 0.1) is 0 Å². The van der Waals surface area contributed by atoms with Crippen molar-refractivity contribution in [2.24, 2.45) is 0 Å². The van der Waals surface area contributed by atoms with Crippen LogP contribution >= 0.6 is 0 Å². The summed E-state index contributed by atoms with van der Waals surface area (Å²) in [6.07, 6.45) is 5.19. The monoisotopic (exact) mass is 261 g/mol. The Labute approximate surface area is 110 Å². The van der Waals surface area contributed by atoms with Crippen molar-refractivity contribution in [3.8, 4) is 0 Å². The molecule has 1 aliphatic carbocycles. The zero-order valence-corrected chi connectivity index (χ0v) is 10.7. The summed E-state index contributed by atoms with van der Waals surface area (Å²) < 4.78 is 5.02. The van der Waals surface area contributed by atoms with Crippen LogP contribution < -0.4 is 4.90 Å². The lowest BCUT2D eigenvalue weighted by Gasteiger charge is -2.22. The van der Waals surface area contributed by atoms with Gasteiger partial charge in [-0.3, -0.25) is 4.79 Å². The summed E-state index contributed by atoms with van der Waals surface area (Å²) in [7, 11) is 0. The van der Waals surface area contributed by atoms with E-state index in [1.807, 2.05) is 4.90 Å². The van der Waals surface area contributed by atoms with Gasteiger partial charge in [0.15, 0.2) is 11.5 Å².